The van der Waals surface area contributed by atoms with Crippen LogP contribution >= 0.6 is 0 Å². The molecule has 1 spiro atoms. The summed E-state index contributed by atoms with van der Waals surface area (Å²) in [6, 6.07) is 5.96. The van der Waals surface area contributed by atoms with Gasteiger partial charge in [-0.05, 0) is 31.5 Å². The van der Waals surface area contributed by atoms with E-state index in [9.17, 15) is 0 Å². The number of likely N-dealkylation sites (tertiary alicyclic amines) is 2. The first-order valence-corrected chi connectivity index (χ1v) is 8.62. The maximum atomic E-state index is 5.91. The van der Waals surface area contributed by atoms with Gasteiger partial charge in [-0.25, -0.2) is 0 Å². The van der Waals surface area contributed by atoms with Crippen molar-refractivity contribution in [3.8, 4) is 0 Å². The van der Waals surface area contributed by atoms with Crippen molar-refractivity contribution in [2.24, 2.45) is 5.92 Å². The van der Waals surface area contributed by atoms with Crippen LogP contribution in [0, 0.1) is 5.92 Å². The van der Waals surface area contributed by atoms with Gasteiger partial charge in [-0.3, -0.25) is 19.9 Å². The van der Waals surface area contributed by atoms with Crippen molar-refractivity contribution in [3.05, 3.63) is 48.0 Å². The Labute approximate surface area is 142 Å². The Bertz CT molecular complexity index is 639. The summed E-state index contributed by atoms with van der Waals surface area (Å²) in [5, 5.41) is 6.91. The van der Waals surface area contributed by atoms with Gasteiger partial charge in [0.15, 0.2) is 0 Å². The highest BCUT2D eigenvalue weighted by Gasteiger charge is 2.51. The minimum Gasteiger partial charge on any atom is -0.375 e. The number of likely N-dealkylation sites (N-methyl/N-ethyl adjacent to an activating group) is 1. The number of hydrogen-bond acceptors (Lipinski definition) is 5. The molecule has 0 radical (unpaired) electrons. The maximum Gasteiger partial charge on any atom is 0.0887 e. The summed E-state index contributed by atoms with van der Waals surface area (Å²) in [5.41, 5.74) is 2.62. The SMILES string of the molecule is CN1C[C@H](COCc2ccccn2)CC12CN(Cc1cn[nH]c1)C2. The molecule has 2 aromatic rings. The Morgan fingerprint density at radius 3 is 3.04 bits per heavy atom. The van der Waals surface area contributed by atoms with Gasteiger partial charge < -0.3 is 4.74 Å². The number of nitrogens with zero attached hydrogens (tertiary/aromatic N) is 4. The zero-order chi connectivity index (χ0) is 16.4. The molecule has 0 amide bonds. The second-order valence-corrected chi connectivity index (χ2v) is 7.26. The van der Waals surface area contributed by atoms with Gasteiger partial charge in [0.25, 0.3) is 0 Å². The fraction of sp³-hybridized carbons (Fsp3) is 0.556. The number of rotatable bonds is 6. The van der Waals surface area contributed by atoms with Crippen molar-refractivity contribution in [1.29, 1.82) is 0 Å². The first kappa shape index (κ1) is 15.7. The van der Waals surface area contributed by atoms with Crippen LogP contribution in [0.5, 0.6) is 0 Å². The van der Waals surface area contributed by atoms with Crippen molar-refractivity contribution in [2.75, 3.05) is 33.3 Å². The van der Waals surface area contributed by atoms with Crippen molar-refractivity contribution < 1.29 is 4.74 Å². The van der Waals surface area contributed by atoms with E-state index in [1.807, 2.05) is 36.8 Å². The van der Waals surface area contributed by atoms with Crippen LogP contribution in [0.25, 0.3) is 0 Å². The highest BCUT2D eigenvalue weighted by molar-refractivity contribution is 5.12. The summed E-state index contributed by atoms with van der Waals surface area (Å²) < 4.78 is 5.91. The van der Waals surface area contributed by atoms with Crippen LogP contribution in [0.2, 0.25) is 0 Å². The van der Waals surface area contributed by atoms with Gasteiger partial charge >= 0.3 is 0 Å². The summed E-state index contributed by atoms with van der Waals surface area (Å²) in [7, 11) is 2.26. The number of ether oxygens (including phenoxy) is 1. The van der Waals surface area contributed by atoms with Gasteiger partial charge in [0.2, 0.25) is 0 Å². The third-order valence-corrected chi connectivity index (χ3v) is 5.34. The lowest BCUT2D eigenvalue weighted by molar-refractivity contribution is -0.0226. The van der Waals surface area contributed by atoms with Crippen molar-refractivity contribution in [1.82, 2.24) is 25.0 Å². The molecule has 1 N–H and O–H groups in total. The lowest BCUT2D eigenvalue weighted by atomic mass is 9.84. The molecule has 1 atom stereocenters. The molecule has 2 aliphatic heterocycles. The van der Waals surface area contributed by atoms with E-state index in [-0.39, 0.29) is 0 Å². The average Bonchev–Trinajstić information content (AvgIpc) is 3.17. The second-order valence-electron chi connectivity index (χ2n) is 7.26. The molecule has 6 heteroatoms. The molecule has 0 unspecified atom stereocenters. The first-order chi connectivity index (χ1) is 11.7. The smallest absolute Gasteiger partial charge is 0.0887 e. The molecule has 2 aliphatic rings. The molecular formula is C18H25N5O. The van der Waals surface area contributed by atoms with Gasteiger partial charge in [-0.15, -0.1) is 0 Å². The van der Waals surface area contributed by atoms with Crippen LogP contribution in [0.1, 0.15) is 17.7 Å². The van der Waals surface area contributed by atoms with Crippen LogP contribution in [-0.2, 0) is 17.9 Å². The van der Waals surface area contributed by atoms with Crippen LogP contribution in [-0.4, -0.2) is 63.8 Å². The van der Waals surface area contributed by atoms with E-state index in [0.29, 0.717) is 18.1 Å². The molecular weight excluding hydrogens is 302 g/mol. The number of aromatic amines is 1. The van der Waals surface area contributed by atoms with Crippen molar-refractivity contribution >= 4 is 0 Å². The number of pyridine rings is 1. The molecule has 2 saturated heterocycles. The molecule has 4 rings (SSSR count). The highest BCUT2D eigenvalue weighted by Crippen LogP contribution is 2.39. The summed E-state index contributed by atoms with van der Waals surface area (Å²) in [6.07, 6.45) is 6.95. The number of nitrogens with one attached hydrogen (secondary N) is 1. The predicted octanol–water partition coefficient (Wildman–Crippen LogP) is 1.53. The third-order valence-electron chi connectivity index (χ3n) is 5.34. The highest BCUT2D eigenvalue weighted by atomic mass is 16.5. The standard InChI is InChI=1S/C18H25N5O/c1-22-9-15(11-24-12-17-4-2-3-5-19-17)6-18(22)13-23(14-18)10-16-7-20-21-8-16/h2-5,7-8,15H,6,9-14H2,1H3,(H,20,21)/t15-/m1/s1. The van der Waals surface area contributed by atoms with E-state index in [2.05, 4.69) is 32.0 Å². The quantitative estimate of drug-likeness (QED) is 0.872. The molecule has 24 heavy (non-hydrogen) atoms. The normalized spacial score (nSPS) is 23.6. The van der Waals surface area contributed by atoms with Gasteiger partial charge in [-0.2, -0.15) is 5.10 Å². The largest absolute Gasteiger partial charge is 0.375 e. The molecule has 128 valence electrons. The second kappa shape index (κ2) is 6.63. The Hall–Kier alpha value is -1.76. The van der Waals surface area contributed by atoms with Crippen LogP contribution < -0.4 is 0 Å². The lowest BCUT2D eigenvalue weighted by Crippen LogP contribution is -2.66. The zero-order valence-electron chi connectivity index (χ0n) is 14.2. The minimum absolute atomic E-state index is 0.350. The lowest BCUT2D eigenvalue weighted by Gasteiger charge is -2.52. The van der Waals surface area contributed by atoms with Gasteiger partial charge in [0, 0.05) is 49.7 Å². The fourth-order valence-corrected chi connectivity index (χ4v) is 4.15. The number of aromatic nitrogens is 3. The first-order valence-electron chi connectivity index (χ1n) is 8.62. The van der Waals surface area contributed by atoms with Crippen LogP contribution in [0.3, 0.4) is 0 Å². The minimum atomic E-state index is 0.350. The number of hydrogen-bond donors (Lipinski definition) is 1. The van der Waals surface area contributed by atoms with Crippen LogP contribution in [0.15, 0.2) is 36.8 Å². The maximum absolute atomic E-state index is 5.91. The van der Waals surface area contributed by atoms with Gasteiger partial charge in [0.05, 0.1) is 25.1 Å². The molecule has 0 aromatic carbocycles. The van der Waals surface area contributed by atoms with Gasteiger partial charge in [-0.1, -0.05) is 6.07 Å². The molecule has 0 bridgehead atoms. The third kappa shape index (κ3) is 3.22. The predicted molar refractivity (Wildman–Crippen MR) is 91.2 cm³/mol. The molecule has 2 aromatic heterocycles. The van der Waals surface area contributed by atoms with Crippen molar-refractivity contribution in [2.45, 2.75) is 25.1 Å². The molecule has 0 aliphatic carbocycles. The Balaban J connectivity index is 1.23. The summed E-state index contributed by atoms with van der Waals surface area (Å²) in [4.78, 5) is 9.34. The van der Waals surface area contributed by atoms with Crippen LogP contribution in [0.4, 0.5) is 0 Å². The fourth-order valence-electron chi connectivity index (χ4n) is 4.15. The van der Waals surface area contributed by atoms with E-state index in [1.54, 1.807) is 0 Å². The van der Waals surface area contributed by atoms with E-state index < -0.39 is 0 Å². The average molecular weight is 327 g/mol. The number of H-pyrrole nitrogens is 1. The Morgan fingerprint density at radius 1 is 1.38 bits per heavy atom. The topological polar surface area (TPSA) is 57.3 Å². The monoisotopic (exact) mass is 327 g/mol. The summed E-state index contributed by atoms with van der Waals surface area (Å²) in [6.45, 7) is 5.84. The molecule has 4 heterocycles. The van der Waals surface area contributed by atoms with Crippen molar-refractivity contribution in [3.63, 3.8) is 0 Å². The van der Waals surface area contributed by atoms with E-state index in [0.717, 1.165) is 38.5 Å². The van der Waals surface area contributed by atoms with E-state index in [1.165, 1.54) is 12.0 Å². The Morgan fingerprint density at radius 2 is 2.29 bits per heavy atom. The Kier molecular flexibility index (Phi) is 4.35. The summed E-state index contributed by atoms with van der Waals surface area (Å²) in [5.74, 6) is 0.620. The molecule has 2 fully saturated rings. The summed E-state index contributed by atoms with van der Waals surface area (Å²) >= 11 is 0. The van der Waals surface area contributed by atoms with Gasteiger partial charge in [0.1, 0.15) is 0 Å². The van der Waals surface area contributed by atoms with E-state index >= 15 is 0 Å². The van der Waals surface area contributed by atoms with E-state index in [4.69, 9.17) is 4.74 Å². The zero-order valence-corrected chi connectivity index (χ0v) is 14.2. The molecule has 0 saturated carbocycles. The molecule has 6 nitrogen and oxygen atoms in total.